The van der Waals surface area contributed by atoms with Crippen LogP contribution in [-0.2, 0) is 0 Å². The Morgan fingerprint density at radius 1 is 1.39 bits per heavy atom. The number of nitrogens with zero attached hydrogens (tertiary/aromatic N) is 2. The van der Waals surface area contributed by atoms with Gasteiger partial charge in [0.1, 0.15) is 6.61 Å². The molecule has 1 aromatic rings. The second-order valence-corrected chi connectivity index (χ2v) is 4.44. The zero-order chi connectivity index (χ0) is 13.0. The van der Waals surface area contributed by atoms with Gasteiger partial charge in [-0.1, -0.05) is 0 Å². The molecule has 1 saturated heterocycles. The lowest BCUT2D eigenvalue weighted by Gasteiger charge is -2.32. The first-order valence-corrected chi connectivity index (χ1v) is 5.96. The van der Waals surface area contributed by atoms with Crippen molar-refractivity contribution < 1.29 is 17.9 Å². The predicted molar refractivity (Wildman–Crippen MR) is 59.3 cm³/mol. The van der Waals surface area contributed by atoms with Crippen LogP contribution in [0.1, 0.15) is 12.8 Å². The molecule has 0 atom stereocenters. The van der Waals surface area contributed by atoms with Crippen LogP contribution in [0.4, 0.5) is 13.2 Å². The van der Waals surface area contributed by atoms with Crippen molar-refractivity contribution in [1.29, 1.82) is 0 Å². The molecule has 2 heterocycles. The number of aromatic nitrogens is 2. The van der Waals surface area contributed by atoms with Gasteiger partial charge in [-0.25, -0.2) is 0 Å². The summed E-state index contributed by atoms with van der Waals surface area (Å²) in [7, 11) is 0. The maximum atomic E-state index is 12.5. The van der Waals surface area contributed by atoms with Crippen molar-refractivity contribution in [2.75, 3.05) is 26.2 Å². The number of nitrogens with one attached hydrogen (secondary N) is 1. The average molecular weight is 263 g/mol. The third-order valence-corrected chi connectivity index (χ3v) is 3.20. The van der Waals surface area contributed by atoms with Gasteiger partial charge in [0.2, 0.25) is 0 Å². The summed E-state index contributed by atoms with van der Waals surface area (Å²) in [5, 5.41) is 6.36. The Balaban J connectivity index is 1.65. The Morgan fingerprint density at radius 3 is 2.67 bits per heavy atom. The van der Waals surface area contributed by atoms with Crippen LogP contribution in [0, 0.1) is 5.92 Å². The van der Waals surface area contributed by atoms with Gasteiger partial charge < -0.3 is 4.74 Å². The number of hydrogen-bond acceptors (Lipinski definition) is 3. The molecule has 0 aromatic carbocycles. The fourth-order valence-electron chi connectivity index (χ4n) is 2.09. The molecule has 1 aromatic heterocycles. The number of H-pyrrole nitrogens is 1. The van der Waals surface area contributed by atoms with Crippen LogP contribution in [0.3, 0.4) is 0 Å². The third kappa shape index (κ3) is 3.63. The molecular weight excluding hydrogens is 247 g/mol. The number of aromatic amines is 1. The van der Waals surface area contributed by atoms with Gasteiger partial charge in [0.05, 0.1) is 18.3 Å². The predicted octanol–water partition coefficient (Wildman–Crippen LogP) is 2.06. The van der Waals surface area contributed by atoms with Gasteiger partial charge >= 0.3 is 6.18 Å². The van der Waals surface area contributed by atoms with Crippen molar-refractivity contribution in [2.45, 2.75) is 19.0 Å². The highest BCUT2D eigenvalue weighted by Gasteiger charge is 2.40. The number of alkyl halides is 3. The molecule has 2 rings (SSSR count). The molecule has 0 unspecified atom stereocenters. The van der Waals surface area contributed by atoms with Crippen molar-refractivity contribution in [2.24, 2.45) is 5.92 Å². The lowest BCUT2D eigenvalue weighted by Crippen LogP contribution is -2.40. The molecule has 7 heteroatoms. The van der Waals surface area contributed by atoms with Crippen LogP contribution in [0.25, 0.3) is 0 Å². The molecule has 4 nitrogen and oxygen atoms in total. The van der Waals surface area contributed by atoms with E-state index in [0.717, 1.165) is 0 Å². The van der Waals surface area contributed by atoms with E-state index in [9.17, 15) is 13.2 Å². The number of rotatable bonds is 4. The van der Waals surface area contributed by atoms with E-state index in [0.29, 0.717) is 32.0 Å². The maximum Gasteiger partial charge on any atom is 0.391 e. The van der Waals surface area contributed by atoms with E-state index < -0.39 is 12.1 Å². The molecule has 18 heavy (non-hydrogen) atoms. The monoisotopic (exact) mass is 263 g/mol. The average Bonchev–Trinajstić information content (AvgIpc) is 2.82. The van der Waals surface area contributed by atoms with Crippen LogP contribution in [0.5, 0.6) is 5.75 Å². The van der Waals surface area contributed by atoms with Crippen LogP contribution in [0.15, 0.2) is 12.4 Å². The van der Waals surface area contributed by atoms with Crippen LogP contribution in [0.2, 0.25) is 0 Å². The molecule has 1 aliphatic rings. The van der Waals surface area contributed by atoms with Crippen LogP contribution < -0.4 is 4.74 Å². The highest BCUT2D eigenvalue weighted by molar-refractivity contribution is 5.09. The SMILES string of the molecule is FC(F)(F)C1CCN(CCOc2cn[nH]c2)CC1. The smallest absolute Gasteiger partial charge is 0.391 e. The number of piperidine rings is 1. The Morgan fingerprint density at radius 2 is 2.11 bits per heavy atom. The van der Waals surface area contributed by atoms with Crippen molar-refractivity contribution in [3.8, 4) is 5.75 Å². The number of likely N-dealkylation sites (tertiary alicyclic amines) is 1. The van der Waals surface area contributed by atoms with Crippen LogP contribution >= 0.6 is 0 Å². The fraction of sp³-hybridized carbons (Fsp3) is 0.727. The van der Waals surface area contributed by atoms with Crippen LogP contribution in [-0.4, -0.2) is 47.5 Å². The normalized spacial score (nSPS) is 19.1. The summed E-state index contributed by atoms with van der Waals surface area (Å²) in [5.74, 6) is -0.483. The van der Waals surface area contributed by atoms with Crippen molar-refractivity contribution in [1.82, 2.24) is 15.1 Å². The fourth-order valence-corrected chi connectivity index (χ4v) is 2.09. The first-order valence-electron chi connectivity index (χ1n) is 5.96. The maximum absolute atomic E-state index is 12.5. The first kappa shape index (κ1) is 13.2. The van der Waals surface area contributed by atoms with Gasteiger partial charge in [0.25, 0.3) is 0 Å². The summed E-state index contributed by atoms with van der Waals surface area (Å²) < 4.78 is 42.7. The largest absolute Gasteiger partial charge is 0.489 e. The topological polar surface area (TPSA) is 41.1 Å². The van der Waals surface area contributed by atoms with Crippen molar-refractivity contribution in [3.63, 3.8) is 0 Å². The van der Waals surface area contributed by atoms with E-state index in [1.54, 1.807) is 12.4 Å². The zero-order valence-corrected chi connectivity index (χ0v) is 9.91. The summed E-state index contributed by atoms with van der Waals surface area (Å²) in [4.78, 5) is 2.00. The Hall–Kier alpha value is -1.24. The molecule has 0 spiro atoms. The van der Waals surface area contributed by atoms with E-state index >= 15 is 0 Å². The summed E-state index contributed by atoms with van der Waals surface area (Å²) in [6, 6.07) is 0. The second-order valence-electron chi connectivity index (χ2n) is 4.44. The quantitative estimate of drug-likeness (QED) is 0.904. The molecule has 0 radical (unpaired) electrons. The third-order valence-electron chi connectivity index (χ3n) is 3.20. The molecule has 0 saturated carbocycles. The summed E-state index contributed by atoms with van der Waals surface area (Å²) >= 11 is 0. The Kier molecular flexibility index (Phi) is 4.11. The van der Waals surface area contributed by atoms with Gasteiger partial charge in [-0.15, -0.1) is 0 Å². The molecule has 0 bridgehead atoms. The van der Waals surface area contributed by atoms with Gasteiger partial charge in [-0.2, -0.15) is 18.3 Å². The minimum Gasteiger partial charge on any atom is -0.489 e. The van der Waals surface area contributed by atoms with E-state index in [2.05, 4.69) is 10.2 Å². The molecule has 102 valence electrons. The van der Waals surface area contributed by atoms with Gasteiger partial charge in [0.15, 0.2) is 5.75 Å². The lowest BCUT2D eigenvalue weighted by atomic mass is 9.96. The summed E-state index contributed by atoms with van der Waals surface area (Å²) in [6.07, 6.45) is -0.463. The molecular formula is C11H16F3N3O. The molecule has 1 fully saturated rings. The standard InChI is InChI=1S/C11H16F3N3O/c12-11(13,14)9-1-3-17(4-2-9)5-6-18-10-7-15-16-8-10/h7-9H,1-6H2,(H,15,16). The summed E-state index contributed by atoms with van der Waals surface area (Å²) in [6.45, 7) is 2.09. The van der Waals surface area contributed by atoms with Gasteiger partial charge in [-0.05, 0) is 25.9 Å². The minimum absolute atomic E-state index is 0.190. The Bertz CT molecular complexity index is 345. The molecule has 1 N–H and O–H groups in total. The Labute approximate surface area is 103 Å². The molecule has 0 aliphatic carbocycles. The summed E-state index contributed by atoms with van der Waals surface area (Å²) in [5.41, 5.74) is 0. The van der Waals surface area contributed by atoms with Crippen molar-refractivity contribution >= 4 is 0 Å². The first-order chi connectivity index (χ1) is 8.55. The second kappa shape index (κ2) is 5.60. The molecule has 1 aliphatic heterocycles. The lowest BCUT2D eigenvalue weighted by molar-refractivity contribution is -0.185. The van der Waals surface area contributed by atoms with E-state index in [1.165, 1.54) is 0 Å². The van der Waals surface area contributed by atoms with E-state index in [4.69, 9.17) is 4.74 Å². The number of ether oxygens (including phenoxy) is 1. The van der Waals surface area contributed by atoms with Gasteiger partial charge in [-0.3, -0.25) is 10.00 Å². The van der Waals surface area contributed by atoms with E-state index in [-0.39, 0.29) is 12.8 Å². The molecule has 0 amide bonds. The number of halogens is 3. The minimum atomic E-state index is -4.04. The van der Waals surface area contributed by atoms with Crippen molar-refractivity contribution in [3.05, 3.63) is 12.4 Å². The van der Waals surface area contributed by atoms with Gasteiger partial charge in [0, 0.05) is 6.54 Å². The highest BCUT2D eigenvalue weighted by Crippen LogP contribution is 2.33. The highest BCUT2D eigenvalue weighted by atomic mass is 19.4. The zero-order valence-electron chi connectivity index (χ0n) is 9.91. The number of hydrogen-bond donors (Lipinski definition) is 1. The van der Waals surface area contributed by atoms with E-state index in [1.807, 2.05) is 4.90 Å².